The van der Waals surface area contributed by atoms with Crippen LogP contribution in [0.15, 0.2) is 63.9 Å². The highest BCUT2D eigenvalue weighted by molar-refractivity contribution is 7.90. The zero-order valence-corrected chi connectivity index (χ0v) is 14.1. The molecule has 0 saturated carbocycles. The van der Waals surface area contributed by atoms with Crippen LogP contribution >= 0.6 is 0 Å². The topological polar surface area (TPSA) is 90.6 Å². The molecule has 1 aromatic heterocycles. The molecule has 0 aliphatic heterocycles. The highest BCUT2D eigenvalue weighted by Gasteiger charge is 2.16. The zero-order valence-electron chi connectivity index (χ0n) is 13.3. The van der Waals surface area contributed by atoms with Crippen LogP contribution in [0.25, 0.3) is 11.0 Å². The maximum Gasteiger partial charge on any atom is 0.338 e. The zero-order chi connectivity index (χ0) is 18.0. The first-order chi connectivity index (χ1) is 11.8. The van der Waals surface area contributed by atoms with Gasteiger partial charge < -0.3 is 9.15 Å². The largest absolute Gasteiger partial charge is 0.454 e. The van der Waals surface area contributed by atoms with Crippen molar-refractivity contribution in [2.75, 3.05) is 12.9 Å². The molecule has 0 aliphatic carbocycles. The Hall–Kier alpha value is -2.93. The van der Waals surface area contributed by atoms with Gasteiger partial charge in [0.2, 0.25) is 5.78 Å². The lowest BCUT2D eigenvalue weighted by molar-refractivity contribution is 0.0468. The normalized spacial score (nSPS) is 11.4. The van der Waals surface area contributed by atoms with Crippen LogP contribution in [-0.2, 0) is 14.6 Å². The lowest BCUT2D eigenvalue weighted by atomic mass is 10.2. The van der Waals surface area contributed by atoms with Crippen molar-refractivity contribution < 1.29 is 27.2 Å². The quantitative estimate of drug-likeness (QED) is 0.514. The van der Waals surface area contributed by atoms with Gasteiger partial charge in [0.1, 0.15) is 5.58 Å². The van der Waals surface area contributed by atoms with E-state index < -0.39 is 28.2 Å². The van der Waals surface area contributed by atoms with Gasteiger partial charge in [0.05, 0.1) is 10.5 Å². The molecule has 0 fully saturated rings. The fourth-order valence-electron chi connectivity index (χ4n) is 2.24. The third-order valence-electron chi connectivity index (χ3n) is 3.55. The number of hydrogen-bond acceptors (Lipinski definition) is 6. The maximum atomic E-state index is 12.1. The Balaban J connectivity index is 1.66. The molecule has 0 saturated heterocycles. The van der Waals surface area contributed by atoms with E-state index in [0.29, 0.717) is 5.58 Å². The molecule has 0 bridgehead atoms. The van der Waals surface area contributed by atoms with Crippen molar-refractivity contribution in [2.45, 2.75) is 4.90 Å². The van der Waals surface area contributed by atoms with Gasteiger partial charge >= 0.3 is 5.97 Å². The molecule has 128 valence electrons. The van der Waals surface area contributed by atoms with Gasteiger partial charge in [-0.2, -0.15) is 0 Å². The number of carbonyl (C=O) groups excluding carboxylic acids is 2. The second-order valence-electron chi connectivity index (χ2n) is 5.44. The molecule has 1 heterocycles. The summed E-state index contributed by atoms with van der Waals surface area (Å²) >= 11 is 0. The van der Waals surface area contributed by atoms with E-state index in [1.165, 1.54) is 24.3 Å². The molecule has 25 heavy (non-hydrogen) atoms. The number of ether oxygens (including phenoxy) is 1. The summed E-state index contributed by atoms with van der Waals surface area (Å²) in [5.74, 6) is -1.07. The lowest BCUT2D eigenvalue weighted by Gasteiger charge is -2.04. The maximum absolute atomic E-state index is 12.1. The third kappa shape index (κ3) is 3.77. The number of furan rings is 1. The number of sulfone groups is 1. The highest BCUT2D eigenvalue weighted by Crippen LogP contribution is 2.19. The smallest absolute Gasteiger partial charge is 0.338 e. The number of ketones is 1. The van der Waals surface area contributed by atoms with E-state index in [0.717, 1.165) is 11.6 Å². The summed E-state index contributed by atoms with van der Waals surface area (Å²) in [6.07, 6.45) is 1.08. The van der Waals surface area contributed by atoms with Crippen molar-refractivity contribution in [2.24, 2.45) is 0 Å². The predicted octanol–water partition coefficient (Wildman–Crippen LogP) is 2.88. The Kier molecular flexibility index (Phi) is 4.41. The second-order valence-corrected chi connectivity index (χ2v) is 7.46. The van der Waals surface area contributed by atoms with Gasteiger partial charge in [0.15, 0.2) is 22.2 Å². The Morgan fingerprint density at radius 2 is 1.72 bits per heavy atom. The van der Waals surface area contributed by atoms with Gasteiger partial charge in [-0.15, -0.1) is 0 Å². The average molecular weight is 358 g/mol. The van der Waals surface area contributed by atoms with Crippen molar-refractivity contribution in [3.8, 4) is 0 Å². The molecule has 0 atom stereocenters. The minimum atomic E-state index is -3.34. The van der Waals surface area contributed by atoms with E-state index in [9.17, 15) is 18.0 Å². The van der Waals surface area contributed by atoms with Crippen molar-refractivity contribution in [3.63, 3.8) is 0 Å². The molecule has 2 aromatic carbocycles. The van der Waals surface area contributed by atoms with Crippen LogP contribution in [0.2, 0.25) is 0 Å². The van der Waals surface area contributed by atoms with Gasteiger partial charge in [-0.05, 0) is 36.4 Å². The minimum absolute atomic E-state index is 0.0994. The molecule has 3 aromatic rings. The monoisotopic (exact) mass is 358 g/mol. The third-order valence-corrected chi connectivity index (χ3v) is 4.68. The Morgan fingerprint density at radius 1 is 1.04 bits per heavy atom. The van der Waals surface area contributed by atoms with Crippen LogP contribution in [0.5, 0.6) is 0 Å². The molecule has 0 spiro atoms. The summed E-state index contributed by atoms with van der Waals surface area (Å²) < 4.78 is 33.2. The van der Waals surface area contributed by atoms with Crippen molar-refractivity contribution in [1.29, 1.82) is 0 Å². The van der Waals surface area contributed by atoms with E-state index in [1.807, 2.05) is 12.1 Å². The lowest BCUT2D eigenvalue weighted by Crippen LogP contribution is -2.14. The number of Topliss-reactive ketones (excluding diaryl/α,β-unsaturated/α-hetero) is 1. The molecular weight excluding hydrogens is 344 g/mol. The van der Waals surface area contributed by atoms with E-state index >= 15 is 0 Å². The van der Waals surface area contributed by atoms with Crippen LogP contribution in [0.4, 0.5) is 0 Å². The standard InChI is InChI=1S/C18H14O6S/c1-25(21,22)14-8-6-12(7-9-14)18(20)23-11-15(19)17-10-13-4-2-3-5-16(13)24-17/h2-10H,11H2,1H3. The SMILES string of the molecule is CS(=O)(=O)c1ccc(C(=O)OCC(=O)c2cc3ccccc3o2)cc1. The minimum Gasteiger partial charge on any atom is -0.454 e. The number of rotatable bonds is 5. The average Bonchev–Trinajstić information content (AvgIpc) is 3.03. The number of fused-ring (bicyclic) bond motifs is 1. The number of para-hydroxylation sites is 1. The summed E-state index contributed by atoms with van der Waals surface area (Å²) in [4.78, 5) is 24.1. The van der Waals surface area contributed by atoms with Crippen LogP contribution in [-0.4, -0.2) is 33.0 Å². The van der Waals surface area contributed by atoms with Crippen LogP contribution < -0.4 is 0 Å². The Labute approximate surface area is 143 Å². The van der Waals surface area contributed by atoms with Crippen molar-refractivity contribution in [1.82, 2.24) is 0 Å². The summed E-state index contributed by atoms with van der Waals surface area (Å²) in [7, 11) is -3.34. The molecule has 0 aliphatic rings. The van der Waals surface area contributed by atoms with Gasteiger partial charge in [-0.25, -0.2) is 13.2 Å². The summed E-state index contributed by atoms with van der Waals surface area (Å²) in [5.41, 5.74) is 0.735. The van der Waals surface area contributed by atoms with Gasteiger partial charge in [0.25, 0.3) is 0 Å². The van der Waals surface area contributed by atoms with Crippen LogP contribution in [0.1, 0.15) is 20.9 Å². The fourth-order valence-corrected chi connectivity index (χ4v) is 2.87. The first kappa shape index (κ1) is 16.9. The number of hydrogen-bond donors (Lipinski definition) is 0. The summed E-state index contributed by atoms with van der Waals surface area (Å²) in [5, 5.41) is 0.786. The summed E-state index contributed by atoms with van der Waals surface area (Å²) in [6.45, 7) is -0.466. The van der Waals surface area contributed by atoms with E-state index in [1.54, 1.807) is 18.2 Å². The first-order valence-electron chi connectivity index (χ1n) is 7.33. The van der Waals surface area contributed by atoms with Crippen LogP contribution in [0.3, 0.4) is 0 Å². The van der Waals surface area contributed by atoms with Gasteiger partial charge in [0, 0.05) is 11.6 Å². The van der Waals surface area contributed by atoms with E-state index in [2.05, 4.69) is 0 Å². The van der Waals surface area contributed by atoms with Gasteiger partial charge in [-0.3, -0.25) is 4.79 Å². The van der Waals surface area contributed by atoms with Crippen molar-refractivity contribution >= 4 is 32.6 Å². The van der Waals surface area contributed by atoms with E-state index in [4.69, 9.17) is 9.15 Å². The van der Waals surface area contributed by atoms with E-state index in [-0.39, 0.29) is 16.2 Å². The van der Waals surface area contributed by atoms with Crippen molar-refractivity contribution in [3.05, 3.63) is 65.9 Å². The molecule has 0 N–H and O–H groups in total. The Bertz CT molecular complexity index is 1010. The highest BCUT2D eigenvalue weighted by atomic mass is 32.2. The molecular formula is C18H14O6S. The molecule has 0 amide bonds. The molecule has 0 unspecified atom stereocenters. The molecule has 6 nitrogen and oxygen atoms in total. The molecule has 0 radical (unpaired) electrons. The number of benzene rings is 2. The fraction of sp³-hybridized carbons (Fsp3) is 0.111. The molecule has 3 rings (SSSR count). The first-order valence-corrected chi connectivity index (χ1v) is 9.23. The number of esters is 1. The second kappa shape index (κ2) is 6.52. The predicted molar refractivity (Wildman–Crippen MR) is 90.4 cm³/mol. The molecule has 7 heteroatoms. The number of carbonyl (C=O) groups is 2. The van der Waals surface area contributed by atoms with Crippen LogP contribution in [0, 0.1) is 0 Å². The summed E-state index contributed by atoms with van der Waals surface area (Å²) in [6, 6.07) is 14.1. The van der Waals surface area contributed by atoms with Gasteiger partial charge in [-0.1, -0.05) is 18.2 Å². The Morgan fingerprint density at radius 3 is 2.36 bits per heavy atom.